The topological polar surface area (TPSA) is 125 Å². The van der Waals surface area contributed by atoms with Gasteiger partial charge in [0.25, 0.3) is 5.91 Å². The van der Waals surface area contributed by atoms with Gasteiger partial charge in [0.1, 0.15) is 11.4 Å². The van der Waals surface area contributed by atoms with E-state index in [1.54, 1.807) is 4.90 Å². The van der Waals surface area contributed by atoms with Gasteiger partial charge < -0.3 is 20.3 Å². The van der Waals surface area contributed by atoms with Gasteiger partial charge in [-0.2, -0.15) is 10.2 Å². The smallest absolute Gasteiger partial charge is 0.286 e. The first kappa shape index (κ1) is 23.1. The molecule has 2 N–H and O–H groups in total. The predicted octanol–water partition coefficient (Wildman–Crippen LogP) is 2.59. The maximum atomic E-state index is 12.3. The third kappa shape index (κ3) is 4.07. The zero-order chi connectivity index (χ0) is 24.6. The van der Waals surface area contributed by atoms with Gasteiger partial charge in [0, 0.05) is 19.6 Å². The number of ether oxygens (including phenoxy) is 1. The van der Waals surface area contributed by atoms with E-state index in [0.29, 0.717) is 37.8 Å². The molecule has 1 aromatic heterocycles. The Morgan fingerprint density at radius 1 is 1.29 bits per heavy atom. The summed E-state index contributed by atoms with van der Waals surface area (Å²) in [4.78, 5) is 37.2. The molecule has 1 saturated heterocycles. The number of amides is 2. The summed E-state index contributed by atoms with van der Waals surface area (Å²) in [5.41, 5.74) is 8.77. The Labute approximate surface area is 204 Å². The molecule has 2 aliphatic heterocycles. The number of aromatic nitrogens is 2. The molecule has 5 rings (SSSR count). The number of primary amides is 1. The number of piperazine rings is 1. The van der Waals surface area contributed by atoms with E-state index in [2.05, 4.69) is 34.8 Å². The molecule has 2 amide bonds. The van der Waals surface area contributed by atoms with Crippen molar-refractivity contribution < 1.29 is 14.3 Å². The minimum Gasteiger partial charge on any atom is -0.466 e. The summed E-state index contributed by atoms with van der Waals surface area (Å²) in [7, 11) is 0. The average Bonchev–Trinajstić information content (AvgIpc) is 2.88. The Hall–Kier alpha value is -3.67. The molecular weight excluding hydrogens is 444 g/mol. The number of allylic oxidation sites excluding steroid dienone is 2. The molecule has 0 aromatic carbocycles. The number of nitriles is 1. The largest absolute Gasteiger partial charge is 0.466 e. The van der Waals surface area contributed by atoms with E-state index >= 15 is 0 Å². The second-order valence-electron chi connectivity index (χ2n) is 9.62. The van der Waals surface area contributed by atoms with Crippen LogP contribution >= 0.6 is 0 Å². The van der Waals surface area contributed by atoms with Crippen molar-refractivity contribution in [2.45, 2.75) is 63.0 Å². The number of rotatable bonds is 4. The van der Waals surface area contributed by atoms with Crippen LogP contribution in [0.2, 0.25) is 0 Å². The number of hydrogen-bond acceptors (Lipinski definition) is 7. The molecular formula is C26H30N6O3. The Bertz CT molecular complexity index is 1180. The number of nitrogens with two attached hydrogens (primary N) is 1. The summed E-state index contributed by atoms with van der Waals surface area (Å²) in [5.74, 6) is 0.0363. The maximum Gasteiger partial charge on any atom is 0.286 e. The minimum absolute atomic E-state index is 0.0820. The van der Waals surface area contributed by atoms with Gasteiger partial charge in [-0.1, -0.05) is 24.3 Å². The molecule has 0 radical (unpaired) electrons. The average molecular weight is 475 g/mol. The van der Waals surface area contributed by atoms with E-state index in [4.69, 9.17) is 10.5 Å². The van der Waals surface area contributed by atoms with E-state index < -0.39 is 11.5 Å². The fourth-order valence-corrected chi connectivity index (χ4v) is 5.96. The van der Waals surface area contributed by atoms with Gasteiger partial charge in [-0.3, -0.25) is 9.59 Å². The summed E-state index contributed by atoms with van der Waals surface area (Å²) in [5, 5.41) is 9.34. The van der Waals surface area contributed by atoms with Crippen molar-refractivity contribution in [1.82, 2.24) is 14.9 Å². The third-order valence-corrected chi connectivity index (χ3v) is 7.63. The van der Waals surface area contributed by atoms with Gasteiger partial charge in [-0.05, 0) is 56.6 Å². The molecule has 1 fully saturated rings. The fraction of sp³-hybridized carbons (Fsp3) is 0.500. The van der Waals surface area contributed by atoms with Crippen LogP contribution in [-0.4, -0.2) is 58.0 Å². The van der Waals surface area contributed by atoms with Gasteiger partial charge in [-0.25, -0.2) is 4.98 Å². The Kier molecular flexibility index (Phi) is 6.05. The van der Waals surface area contributed by atoms with Gasteiger partial charge in [0.05, 0.1) is 24.1 Å². The second-order valence-corrected chi connectivity index (χ2v) is 9.62. The molecule has 1 unspecified atom stereocenters. The zero-order valence-electron chi connectivity index (χ0n) is 19.8. The zero-order valence-corrected chi connectivity index (χ0v) is 19.8. The molecule has 0 bridgehead atoms. The van der Waals surface area contributed by atoms with Crippen LogP contribution in [0.5, 0.6) is 5.88 Å². The van der Waals surface area contributed by atoms with Crippen LogP contribution in [-0.2, 0) is 11.2 Å². The van der Waals surface area contributed by atoms with Crippen molar-refractivity contribution in [1.29, 1.82) is 5.26 Å². The van der Waals surface area contributed by atoms with Crippen molar-refractivity contribution in [2.24, 2.45) is 5.73 Å². The Balaban J connectivity index is 1.51. The van der Waals surface area contributed by atoms with Crippen LogP contribution in [0.15, 0.2) is 36.0 Å². The monoisotopic (exact) mass is 474 g/mol. The predicted molar refractivity (Wildman–Crippen MR) is 130 cm³/mol. The normalized spacial score (nSPS) is 25.4. The highest BCUT2D eigenvalue weighted by molar-refractivity contribution is 5.90. The third-order valence-electron chi connectivity index (χ3n) is 7.63. The minimum atomic E-state index is -0.715. The number of carbonyl (C=O) groups is 2. The molecule has 9 nitrogen and oxygen atoms in total. The molecule has 2 aliphatic carbocycles. The molecule has 0 saturated carbocycles. The molecule has 182 valence electrons. The summed E-state index contributed by atoms with van der Waals surface area (Å²) < 4.78 is 6.68. The van der Waals surface area contributed by atoms with Gasteiger partial charge in [0.2, 0.25) is 17.6 Å². The lowest BCUT2D eigenvalue weighted by molar-refractivity contribution is -0.128. The molecule has 2 atom stereocenters. The highest BCUT2D eigenvalue weighted by Gasteiger charge is 2.45. The number of hydrogen-bond donors (Lipinski definition) is 1. The summed E-state index contributed by atoms with van der Waals surface area (Å²) in [6, 6.07) is 1.87. The van der Waals surface area contributed by atoms with E-state index in [1.165, 1.54) is 17.2 Å². The highest BCUT2D eigenvalue weighted by Crippen LogP contribution is 2.48. The fourth-order valence-electron chi connectivity index (χ4n) is 5.96. The number of fused-ring (bicyclic) bond motifs is 2. The maximum absolute atomic E-state index is 12.3. The van der Waals surface area contributed by atoms with Crippen LogP contribution in [0.3, 0.4) is 0 Å². The molecule has 3 heterocycles. The molecule has 1 aromatic rings. The first-order valence-electron chi connectivity index (χ1n) is 12.3. The Morgan fingerprint density at radius 3 is 2.91 bits per heavy atom. The van der Waals surface area contributed by atoms with Gasteiger partial charge in [0.15, 0.2) is 0 Å². The summed E-state index contributed by atoms with van der Waals surface area (Å²) in [6.45, 7) is 4.93. The summed E-state index contributed by atoms with van der Waals surface area (Å²) in [6.07, 6.45) is 12.6. The van der Waals surface area contributed by atoms with E-state index in [1.807, 2.05) is 4.90 Å². The first-order valence-corrected chi connectivity index (χ1v) is 12.3. The van der Waals surface area contributed by atoms with Crippen molar-refractivity contribution in [2.75, 3.05) is 24.5 Å². The molecule has 35 heavy (non-hydrogen) atoms. The lowest BCUT2D eigenvalue weighted by Gasteiger charge is -2.45. The van der Waals surface area contributed by atoms with E-state index in [-0.39, 0.29) is 24.2 Å². The lowest BCUT2D eigenvalue weighted by atomic mass is 9.72. The highest BCUT2D eigenvalue weighted by atomic mass is 16.5. The van der Waals surface area contributed by atoms with Crippen molar-refractivity contribution >= 4 is 17.6 Å². The number of carbonyl (C=O) groups excluding carboxylic acids is 2. The molecule has 4 aliphatic rings. The van der Waals surface area contributed by atoms with Crippen LogP contribution in [0.4, 0.5) is 5.82 Å². The van der Waals surface area contributed by atoms with Crippen molar-refractivity contribution in [3.63, 3.8) is 0 Å². The van der Waals surface area contributed by atoms with Gasteiger partial charge in [-0.15, -0.1) is 0 Å². The van der Waals surface area contributed by atoms with E-state index in [9.17, 15) is 14.9 Å². The van der Waals surface area contributed by atoms with Crippen LogP contribution in [0.1, 0.15) is 61.1 Å². The van der Waals surface area contributed by atoms with Crippen LogP contribution in [0.25, 0.3) is 0 Å². The summed E-state index contributed by atoms with van der Waals surface area (Å²) >= 11 is 0. The SMILES string of the molecule is C=CC(=O)N1CCN(c2nc(C(N)=O)nc3c2CCC2(CCCC4=C2C=CCC4)O3)C[C@@H]1CC#N. The van der Waals surface area contributed by atoms with E-state index in [0.717, 1.165) is 44.1 Å². The Morgan fingerprint density at radius 2 is 2.14 bits per heavy atom. The lowest BCUT2D eigenvalue weighted by Crippen LogP contribution is -2.55. The van der Waals surface area contributed by atoms with Crippen LogP contribution in [0, 0.1) is 11.3 Å². The first-order chi connectivity index (χ1) is 17.0. The van der Waals surface area contributed by atoms with Crippen molar-refractivity contribution in [3.8, 4) is 11.9 Å². The second kappa shape index (κ2) is 9.17. The van der Waals surface area contributed by atoms with Gasteiger partial charge >= 0.3 is 0 Å². The number of anilines is 1. The standard InChI is InChI=1S/C26H30N6O3/c1-2-21(33)32-15-14-31(16-18(32)10-13-27)24-19-9-12-26(35-25(19)30-23(29-24)22(28)34)11-5-7-17-6-3-4-8-20(17)26/h2,4,8,18H,1,3,5-7,9-12,14-16H2,(H2,28,34)/t18-,26?/m0/s1. The molecule has 1 spiro atoms. The quantitative estimate of drug-likeness (QED) is 0.665. The van der Waals surface area contributed by atoms with Crippen LogP contribution < -0.4 is 15.4 Å². The van der Waals surface area contributed by atoms with Crippen molar-refractivity contribution in [3.05, 3.63) is 47.3 Å². The number of nitrogens with zero attached hydrogens (tertiary/aromatic N) is 5. The molecule has 9 heteroatoms.